The van der Waals surface area contributed by atoms with Crippen LogP contribution >= 0.6 is 0 Å². The van der Waals surface area contributed by atoms with Crippen molar-refractivity contribution in [1.29, 1.82) is 0 Å². The summed E-state index contributed by atoms with van der Waals surface area (Å²) >= 11 is 0. The molecule has 6 heteroatoms. The highest BCUT2D eigenvalue weighted by atomic mass is 19.1. The molecule has 0 atom stereocenters. The molecule has 0 heterocycles. The zero-order valence-electron chi connectivity index (χ0n) is 16.4. The number of ether oxygens (including phenoxy) is 1. The molecule has 3 rings (SSSR count). The summed E-state index contributed by atoms with van der Waals surface area (Å²) in [7, 11) is 0. The number of anilines is 1. The lowest BCUT2D eigenvalue weighted by Gasteiger charge is -2.26. The highest BCUT2D eigenvalue weighted by molar-refractivity contribution is 6.12. The fraction of sp³-hybridized carbons (Fsp3) is 0.217. The maximum atomic E-state index is 14.3. The van der Waals surface area contributed by atoms with Gasteiger partial charge in [0.25, 0.3) is 5.91 Å². The molecule has 29 heavy (non-hydrogen) atoms. The summed E-state index contributed by atoms with van der Waals surface area (Å²) in [6, 6.07) is 15.6. The van der Waals surface area contributed by atoms with E-state index in [0.29, 0.717) is 11.1 Å². The Balaban J connectivity index is 2.11. The van der Waals surface area contributed by atoms with Crippen molar-refractivity contribution in [2.75, 3.05) is 11.4 Å². The predicted octanol–water partition coefficient (Wildman–Crippen LogP) is 5.11. The van der Waals surface area contributed by atoms with Crippen LogP contribution in [0, 0.1) is 11.6 Å². The molecular weight excluding hydrogens is 376 g/mol. The first-order chi connectivity index (χ1) is 13.7. The minimum atomic E-state index is -0.996. The number of amides is 1. The minimum Gasteiger partial charge on any atom is -0.459 e. The van der Waals surface area contributed by atoms with Gasteiger partial charge in [0.15, 0.2) is 0 Å². The molecule has 0 bridgehead atoms. The average molecular weight is 397 g/mol. The van der Waals surface area contributed by atoms with Crippen LogP contribution in [0.2, 0.25) is 0 Å². The van der Waals surface area contributed by atoms with Gasteiger partial charge in [-0.05, 0) is 44.4 Å². The van der Waals surface area contributed by atoms with Crippen LogP contribution in [0.3, 0.4) is 0 Å². The fourth-order valence-electron chi connectivity index (χ4n) is 3.05. The second kappa shape index (κ2) is 7.99. The Morgan fingerprint density at radius 1 is 0.897 bits per heavy atom. The fourth-order valence-corrected chi connectivity index (χ4v) is 3.05. The molecule has 3 aromatic rings. The first-order valence-corrected chi connectivity index (χ1v) is 9.13. The van der Waals surface area contributed by atoms with E-state index >= 15 is 0 Å². The summed E-state index contributed by atoms with van der Waals surface area (Å²) < 4.78 is 33.9. The van der Waals surface area contributed by atoms with Crippen molar-refractivity contribution in [2.45, 2.75) is 26.4 Å². The molecule has 0 unspecified atom stereocenters. The van der Waals surface area contributed by atoms with Gasteiger partial charge in [-0.2, -0.15) is 0 Å². The van der Waals surface area contributed by atoms with Gasteiger partial charge in [0.2, 0.25) is 0 Å². The van der Waals surface area contributed by atoms with Crippen molar-refractivity contribution in [1.82, 2.24) is 0 Å². The molecule has 0 saturated carbocycles. The number of hydrogen-bond acceptors (Lipinski definition) is 3. The van der Waals surface area contributed by atoms with E-state index in [-0.39, 0.29) is 0 Å². The lowest BCUT2D eigenvalue weighted by atomic mass is 10.1. The predicted molar refractivity (Wildman–Crippen MR) is 108 cm³/mol. The molecular formula is C23H21F2NO3. The standard InChI is InChI=1S/C23H21F2NO3/c1-23(2,3)29-20(27)14-26(22(28)21-17(24)11-7-12-18(21)25)19-13-6-9-15-8-4-5-10-16(15)19/h4-13H,14H2,1-3H3. The van der Waals surface area contributed by atoms with Gasteiger partial charge >= 0.3 is 5.97 Å². The van der Waals surface area contributed by atoms with E-state index in [2.05, 4.69) is 0 Å². The van der Waals surface area contributed by atoms with Crippen LogP contribution in [0.4, 0.5) is 14.5 Å². The van der Waals surface area contributed by atoms with E-state index in [9.17, 15) is 18.4 Å². The first kappa shape index (κ1) is 20.5. The zero-order chi connectivity index (χ0) is 21.2. The average Bonchev–Trinajstić information content (AvgIpc) is 2.64. The monoisotopic (exact) mass is 397 g/mol. The largest absolute Gasteiger partial charge is 0.459 e. The Kier molecular flexibility index (Phi) is 5.64. The Hall–Kier alpha value is -3.28. The van der Waals surface area contributed by atoms with Crippen LogP contribution in [0.25, 0.3) is 10.8 Å². The molecule has 0 fully saturated rings. The molecule has 0 aliphatic rings. The quantitative estimate of drug-likeness (QED) is 0.575. The number of fused-ring (bicyclic) bond motifs is 1. The van der Waals surface area contributed by atoms with Gasteiger partial charge in [-0.3, -0.25) is 14.5 Å². The summed E-state index contributed by atoms with van der Waals surface area (Å²) in [5.41, 5.74) is -1.13. The van der Waals surface area contributed by atoms with Crippen LogP contribution in [0.5, 0.6) is 0 Å². The third-order valence-electron chi connectivity index (χ3n) is 4.19. The maximum Gasteiger partial charge on any atom is 0.326 e. The first-order valence-electron chi connectivity index (χ1n) is 9.13. The molecule has 0 aromatic heterocycles. The molecule has 0 aliphatic carbocycles. The van der Waals surface area contributed by atoms with Crippen LogP contribution in [0.1, 0.15) is 31.1 Å². The maximum absolute atomic E-state index is 14.3. The van der Waals surface area contributed by atoms with Crippen molar-refractivity contribution in [3.05, 3.63) is 77.9 Å². The van der Waals surface area contributed by atoms with Gasteiger partial charge in [-0.25, -0.2) is 8.78 Å². The molecule has 0 aliphatic heterocycles. The Labute approximate surface area is 167 Å². The number of carbonyl (C=O) groups is 2. The number of esters is 1. The third-order valence-corrected chi connectivity index (χ3v) is 4.19. The Morgan fingerprint density at radius 3 is 2.14 bits per heavy atom. The van der Waals surface area contributed by atoms with Gasteiger partial charge in [0.1, 0.15) is 29.3 Å². The molecule has 4 nitrogen and oxygen atoms in total. The van der Waals surface area contributed by atoms with Gasteiger partial charge in [0, 0.05) is 5.39 Å². The molecule has 0 N–H and O–H groups in total. The van der Waals surface area contributed by atoms with Crippen LogP contribution in [-0.4, -0.2) is 24.0 Å². The van der Waals surface area contributed by atoms with E-state index in [1.165, 1.54) is 6.07 Å². The number of benzene rings is 3. The smallest absolute Gasteiger partial charge is 0.326 e. The summed E-state index contributed by atoms with van der Waals surface area (Å²) in [4.78, 5) is 26.7. The molecule has 1 amide bonds. The van der Waals surface area contributed by atoms with E-state index in [1.54, 1.807) is 45.0 Å². The number of carbonyl (C=O) groups excluding carboxylic acids is 2. The molecule has 0 saturated heterocycles. The van der Waals surface area contributed by atoms with Gasteiger partial charge in [0.05, 0.1) is 5.69 Å². The van der Waals surface area contributed by atoms with Gasteiger partial charge in [-0.1, -0.05) is 42.5 Å². The molecule has 0 radical (unpaired) electrons. The third kappa shape index (κ3) is 4.59. The second-order valence-corrected chi connectivity index (χ2v) is 7.57. The summed E-state index contributed by atoms with van der Waals surface area (Å²) in [5, 5.41) is 1.49. The zero-order valence-corrected chi connectivity index (χ0v) is 16.4. The SMILES string of the molecule is CC(C)(C)OC(=O)CN(C(=O)c1c(F)cccc1F)c1cccc2ccccc12. The van der Waals surface area contributed by atoms with Crippen molar-refractivity contribution in [2.24, 2.45) is 0 Å². The van der Waals surface area contributed by atoms with Crippen molar-refractivity contribution in [3.63, 3.8) is 0 Å². The Bertz CT molecular complexity index is 1050. The van der Waals surface area contributed by atoms with E-state index in [1.807, 2.05) is 18.2 Å². The minimum absolute atomic E-state index is 0.363. The number of halogens is 2. The topological polar surface area (TPSA) is 46.6 Å². The molecule has 3 aromatic carbocycles. The van der Waals surface area contributed by atoms with E-state index in [4.69, 9.17) is 4.74 Å². The van der Waals surface area contributed by atoms with E-state index in [0.717, 1.165) is 22.4 Å². The summed E-state index contributed by atoms with van der Waals surface area (Å²) in [5.74, 6) is -3.63. The van der Waals surface area contributed by atoms with E-state index < -0.39 is 41.2 Å². The van der Waals surface area contributed by atoms with Crippen LogP contribution in [0.15, 0.2) is 60.7 Å². The van der Waals surface area contributed by atoms with Crippen LogP contribution in [-0.2, 0) is 9.53 Å². The van der Waals surface area contributed by atoms with Crippen molar-refractivity contribution < 1.29 is 23.1 Å². The second-order valence-electron chi connectivity index (χ2n) is 7.57. The normalized spacial score (nSPS) is 11.3. The lowest BCUT2D eigenvalue weighted by molar-refractivity contribution is -0.152. The number of rotatable bonds is 4. The summed E-state index contributed by atoms with van der Waals surface area (Å²) in [6.45, 7) is 4.61. The molecule has 0 spiro atoms. The molecule has 150 valence electrons. The highest BCUT2D eigenvalue weighted by Crippen LogP contribution is 2.29. The number of hydrogen-bond donors (Lipinski definition) is 0. The van der Waals surface area contributed by atoms with Gasteiger partial charge in [-0.15, -0.1) is 0 Å². The van der Waals surface area contributed by atoms with Crippen molar-refractivity contribution in [3.8, 4) is 0 Å². The van der Waals surface area contributed by atoms with Crippen LogP contribution < -0.4 is 4.90 Å². The van der Waals surface area contributed by atoms with Gasteiger partial charge < -0.3 is 4.74 Å². The summed E-state index contributed by atoms with van der Waals surface area (Å²) in [6.07, 6.45) is 0. The lowest BCUT2D eigenvalue weighted by Crippen LogP contribution is -2.39. The number of nitrogens with zero attached hydrogens (tertiary/aromatic N) is 1. The van der Waals surface area contributed by atoms with Crippen molar-refractivity contribution >= 4 is 28.3 Å². The highest BCUT2D eigenvalue weighted by Gasteiger charge is 2.29. The Morgan fingerprint density at radius 2 is 1.48 bits per heavy atom.